The lowest BCUT2D eigenvalue weighted by atomic mass is 10.2. The van der Waals surface area contributed by atoms with Gasteiger partial charge in [0, 0.05) is 21.5 Å². The Morgan fingerprint density at radius 3 is 2.61 bits per heavy atom. The van der Waals surface area contributed by atoms with Gasteiger partial charge >= 0.3 is 0 Å². The minimum absolute atomic E-state index is 0.503. The molecule has 3 aromatic rings. The monoisotopic (exact) mass is 381 g/mol. The second kappa shape index (κ2) is 7.32. The van der Waals surface area contributed by atoms with Gasteiger partial charge in [-0.2, -0.15) is 5.10 Å². The Morgan fingerprint density at radius 2 is 1.83 bits per heavy atom. The summed E-state index contributed by atoms with van der Waals surface area (Å²) in [5.74, 6) is 0. The predicted octanol–water partition coefficient (Wildman–Crippen LogP) is 6.22. The van der Waals surface area contributed by atoms with E-state index in [1.54, 1.807) is 18.3 Å². The van der Waals surface area contributed by atoms with Gasteiger partial charge in [-0.05, 0) is 18.2 Å². The molecule has 0 saturated heterocycles. The molecule has 0 fully saturated rings. The summed E-state index contributed by atoms with van der Waals surface area (Å²) in [7, 11) is 0. The van der Waals surface area contributed by atoms with Crippen LogP contribution in [0.1, 0.15) is 5.56 Å². The maximum atomic E-state index is 6.06. The summed E-state index contributed by atoms with van der Waals surface area (Å²) in [4.78, 5) is 4.46. The van der Waals surface area contributed by atoms with Gasteiger partial charge in [0.1, 0.15) is 0 Å². The first-order valence-electron chi connectivity index (χ1n) is 6.58. The normalized spacial score (nSPS) is 11.1. The molecule has 1 aromatic heterocycles. The molecule has 0 saturated carbocycles. The Labute approximate surface area is 152 Å². The van der Waals surface area contributed by atoms with Crippen LogP contribution >= 0.6 is 46.1 Å². The van der Waals surface area contributed by atoms with Crippen molar-refractivity contribution < 1.29 is 0 Å². The number of rotatable bonds is 4. The fraction of sp³-hybridized carbons (Fsp3) is 0. The molecule has 2 aromatic carbocycles. The molecular formula is C16H10Cl3N3S. The molecule has 0 spiro atoms. The van der Waals surface area contributed by atoms with E-state index >= 15 is 0 Å². The van der Waals surface area contributed by atoms with Crippen LogP contribution in [0.5, 0.6) is 0 Å². The molecule has 23 heavy (non-hydrogen) atoms. The van der Waals surface area contributed by atoms with Crippen molar-refractivity contribution in [1.82, 2.24) is 4.98 Å². The van der Waals surface area contributed by atoms with Gasteiger partial charge in [0.05, 0.1) is 22.0 Å². The van der Waals surface area contributed by atoms with Crippen molar-refractivity contribution in [2.24, 2.45) is 5.10 Å². The molecule has 0 bridgehead atoms. The predicted molar refractivity (Wildman–Crippen MR) is 100 cm³/mol. The number of hydrogen-bond acceptors (Lipinski definition) is 4. The highest BCUT2D eigenvalue weighted by Crippen LogP contribution is 2.30. The first kappa shape index (κ1) is 16.3. The van der Waals surface area contributed by atoms with Crippen LogP contribution in [0.4, 0.5) is 5.13 Å². The lowest BCUT2D eigenvalue weighted by Gasteiger charge is -1.99. The average Bonchev–Trinajstić information content (AvgIpc) is 3.01. The smallest absolute Gasteiger partial charge is 0.203 e. The Kier molecular flexibility index (Phi) is 5.18. The SMILES string of the molecule is Clc1ccc(-c2csc(N/N=C/c3ccccc3Cl)n2)cc1Cl. The van der Waals surface area contributed by atoms with Crippen LogP contribution in [0, 0.1) is 0 Å². The largest absolute Gasteiger partial charge is 0.253 e. The highest BCUT2D eigenvalue weighted by molar-refractivity contribution is 7.14. The van der Waals surface area contributed by atoms with E-state index in [1.165, 1.54) is 11.3 Å². The van der Waals surface area contributed by atoms with Crippen molar-refractivity contribution in [2.75, 3.05) is 5.43 Å². The first-order valence-corrected chi connectivity index (χ1v) is 8.59. The van der Waals surface area contributed by atoms with Crippen molar-refractivity contribution in [3.8, 4) is 11.3 Å². The quantitative estimate of drug-likeness (QED) is 0.430. The van der Waals surface area contributed by atoms with Gasteiger partial charge < -0.3 is 0 Å². The van der Waals surface area contributed by atoms with E-state index in [1.807, 2.05) is 35.7 Å². The van der Waals surface area contributed by atoms with E-state index in [-0.39, 0.29) is 0 Å². The van der Waals surface area contributed by atoms with Crippen LogP contribution in [-0.4, -0.2) is 11.2 Å². The van der Waals surface area contributed by atoms with Crippen LogP contribution in [0.25, 0.3) is 11.3 Å². The van der Waals surface area contributed by atoms with E-state index in [0.29, 0.717) is 20.2 Å². The van der Waals surface area contributed by atoms with Crippen LogP contribution in [0.3, 0.4) is 0 Å². The van der Waals surface area contributed by atoms with Crippen LogP contribution in [0.15, 0.2) is 52.9 Å². The third-order valence-corrected chi connectivity index (χ3v) is 4.82. The van der Waals surface area contributed by atoms with Gasteiger partial charge in [-0.1, -0.05) is 59.1 Å². The number of anilines is 1. The summed E-state index contributed by atoms with van der Waals surface area (Å²) in [6, 6.07) is 12.9. The summed E-state index contributed by atoms with van der Waals surface area (Å²) in [6.45, 7) is 0. The van der Waals surface area contributed by atoms with E-state index in [9.17, 15) is 0 Å². The van der Waals surface area contributed by atoms with E-state index in [2.05, 4.69) is 15.5 Å². The first-order chi connectivity index (χ1) is 11.1. The van der Waals surface area contributed by atoms with Gasteiger partial charge in [-0.25, -0.2) is 4.98 Å². The van der Waals surface area contributed by atoms with Gasteiger partial charge in [-0.15, -0.1) is 11.3 Å². The minimum Gasteiger partial charge on any atom is -0.253 e. The molecule has 0 amide bonds. The summed E-state index contributed by atoms with van der Waals surface area (Å²) in [6.07, 6.45) is 1.66. The number of halogens is 3. The number of aromatic nitrogens is 1. The number of nitrogens with one attached hydrogen (secondary N) is 1. The van der Waals surface area contributed by atoms with Crippen molar-refractivity contribution >= 4 is 57.5 Å². The molecule has 0 atom stereocenters. The third-order valence-electron chi connectivity index (χ3n) is 2.99. The Balaban J connectivity index is 1.72. The molecule has 0 unspecified atom stereocenters. The number of benzene rings is 2. The highest BCUT2D eigenvalue weighted by Gasteiger charge is 2.06. The maximum absolute atomic E-state index is 6.06. The Bertz CT molecular complexity index is 861. The molecule has 0 aliphatic carbocycles. The number of hydrazone groups is 1. The fourth-order valence-electron chi connectivity index (χ4n) is 1.85. The molecule has 1 heterocycles. The molecule has 0 radical (unpaired) electrons. The minimum atomic E-state index is 0.503. The van der Waals surface area contributed by atoms with E-state index in [4.69, 9.17) is 34.8 Å². The summed E-state index contributed by atoms with van der Waals surface area (Å²) < 4.78 is 0. The maximum Gasteiger partial charge on any atom is 0.203 e. The Hall–Kier alpha value is -1.59. The second-order valence-corrected chi connectivity index (χ2v) is 6.64. The van der Waals surface area contributed by atoms with Gasteiger partial charge in [0.15, 0.2) is 0 Å². The summed E-state index contributed by atoms with van der Waals surface area (Å²) in [5.41, 5.74) is 5.44. The van der Waals surface area contributed by atoms with Crippen molar-refractivity contribution in [1.29, 1.82) is 0 Å². The zero-order chi connectivity index (χ0) is 16.2. The zero-order valence-electron chi connectivity index (χ0n) is 11.6. The number of thiazole rings is 1. The lowest BCUT2D eigenvalue weighted by molar-refractivity contribution is 1.29. The topological polar surface area (TPSA) is 37.3 Å². The van der Waals surface area contributed by atoms with Crippen molar-refractivity contribution in [2.45, 2.75) is 0 Å². The molecule has 3 nitrogen and oxygen atoms in total. The van der Waals surface area contributed by atoms with Gasteiger partial charge in [0.2, 0.25) is 5.13 Å². The zero-order valence-corrected chi connectivity index (χ0v) is 14.7. The molecule has 7 heteroatoms. The molecule has 0 aliphatic rings. The fourth-order valence-corrected chi connectivity index (χ4v) is 3.00. The molecule has 1 N–H and O–H groups in total. The standard InChI is InChI=1S/C16H10Cl3N3S/c17-12-4-2-1-3-11(12)8-20-22-16-21-15(9-23-16)10-5-6-13(18)14(19)7-10/h1-9H,(H,21,22)/b20-8+. The van der Waals surface area contributed by atoms with E-state index in [0.717, 1.165) is 16.8 Å². The molecule has 0 aliphatic heterocycles. The van der Waals surface area contributed by atoms with Crippen LogP contribution in [-0.2, 0) is 0 Å². The van der Waals surface area contributed by atoms with Crippen LogP contribution in [0.2, 0.25) is 15.1 Å². The Morgan fingerprint density at radius 1 is 1.00 bits per heavy atom. The van der Waals surface area contributed by atoms with Gasteiger partial charge in [0.25, 0.3) is 0 Å². The van der Waals surface area contributed by atoms with Crippen LogP contribution < -0.4 is 5.43 Å². The second-order valence-electron chi connectivity index (χ2n) is 4.56. The number of nitrogens with zero attached hydrogens (tertiary/aromatic N) is 2. The third kappa shape index (κ3) is 4.03. The molecule has 116 valence electrons. The summed E-state index contributed by atoms with van der Waals surface area (Å²) >= 11 is 19.5. The highest BCUT2D eigenvalue weighted by atomic mass is 35.5. The average molecular weight is 383 g/mol. The van der Waals surface area contributed by atoms with Crippen molar-refractivity contribution in [3.05, 3.63) is 68.5 Å². The van der Waals surface area contributed by atoms with Crippen molar-refractivity contribution in [3.63, 3.8) is 0 Å². The van der Waals surface area contributed by atoms with Gasteiger partial charge in [-0.3, -0.25) is 5.43 Å². The summed E-state index contributed by atoms with van der Waals surface area (Å²) in [5, 5.41) is 8.42. The molecule has 3 rings (SSSR count). The lowest BCUT2D eigenvalue weighted by Crippen LogP contribution is -1.90. The number of hydrogen-bond donors (Lipinski definition) is 1. The molecular weight excluding hydrogens is 373 g/mol. The van der Waals surface area contributed by atoms with E-state index < -0.39 is 0 Å².